The lowest BCUT2D eigenvalue weighted by Gasteiger charge is -2.21. The first-order valence-corrected chi connectivity index (χ1v) is 11.6. The zero-order valence-electron chi connectivity index (χ0n) is 10.8. The summed E-state index contributed by atoms with van der Waals surface area (Å²) in [5.74, 6) is -5.48. The summed E-state index contributed by atoms with van der Waals surface area (Å²) in [6, 6.07) is 0. The van der Waals surface area contributed by atoms with Gasteiger partial charge in [0.15, 0.2) is 11.6 Å². The van der Waals surface area contributed by atoms with Crippen LogP contribution in [0.1, 0.15) is 0 Å². The molecule has 0 aliphatic heterocycles. The molecule has 0 aliphatic rings. The van der Waals surface area contributed by atoms with Crippen molar-refractivity contribution in [1.82, 2.24) is 0 Å². The highest BCUT2D eigenvalue weighted by Gasteiger charge is 2.48. The molecule has 0 radical (unpaired) electrons. The van der Waals surface area contributed by atoms with Gasteiger partial charge in [0.2, 0.25) is 0 Å². The number of benzene rings is 1. The van der Waals surface area contributed by atoms with Gasteiger partial charge in [-0.3, -0.25) is 18.3 Å². The molecule has 0 aliphatic carbocycles. The predicted molar refractivity (Wildman–Crippen MR) is 73.1 cm³/mol. The van der Waals surface area contributed by atoms with Gasteiger partial charge in [-0.05, 0) is 0 Å². The molecular formula is C6H8F2O12P4. The van der Waals surface area contributed by atoms with Gasteiger partial charge in [-0.1, -0.05) is 0 Å². The van der Waals surface area contributed by atoms with Crippen LogP contribution in [-0.4, -0.2) is 39.1 Å². The molecule has 0 spiro atoms. The van der Waals surface area contributed by atoms with Crippen molar-refractivity contribution < 1.29 is 66.2 Å². The lowest BCUT2D eigenvalue weighted by molar-refractivity contribution is 0.374. The highest BCUT2D eigenvalue weighted by Crippen LogP contribution is 2.47. The molecule has 0 atom stereocenters. The second-order valence-corrected chi connectivity index (χ2v) is 10.3. The van der Waals surface area contributed by atoms with Crippen LogP contribution in [0.2, 0.25) is 0 Å². The van der Waals surface area contributed by atoms with E-state index in [9.17, 15) is 27.0 Å². The number of hydrogen-bond donors (Lipinski definition) is 8. The van der Waals surface area contributed by atoms with Gasteiger partial charge in [0.1, 0.15) is 21.2 Å². The smallest absolute Gasteiger partial charge is 0.321 e. The molecular weight excluding hydrogens is 426 g/mol. The van der Waals surface area contributed by atoms with Gasteiger partial charge >= 0.3 is 30.4 Å². The van der Waals surface area contributed by atoms with E-state index in [4.69, 9.17) is 39.1 Å². The second-order valence-electron chi connectivity index (χ2n) is 4.20. The summed E-state index contributed by atoms with van der Waals surface area (Å²) >= 11 is 0. The van der Waals surface area contributed by atoms with Crippen LogP contribution >= 0.6 is 30.4 Å². The van der Waals surface area contributed by atoms with Crippen LogP contribution in [0.5, 0.6) is 0 Å². The third-order valence-electron chi connectivity index (χ3n) is 2.45. The molecule has 8 N–H and O–H groups in total. The quantitative estimate of drug-likeness (QED) is 0.224. The molecule has 138 valence electrons. The van der Waals surface area contributed by atoms with Gasteiger partial charge in [-0.15, -0.1) is 0 Å². The minimum atomic E-state index is -6.09. The summed E-state index contributed by atoms with van der Waals surface area (Å²) in [5.41, 5.74) is 0. The van der Waals surface area contributed by atoms with E-state index in [1.54, 1.807) is 0 Å². The van der Waals surface area contributed by atoms with Gasteiger partial charge < -0.3 is 39.1 Å². The van der Waals surface area contributed by atoms with Crippen LogP contribution in [0.4, 0.5) is 8.78 Å². The van der Waals surface area contributed by atoms with Crippen molar-refractivity contribution in [1.29, 1.82) is 0 Å². The van der Waals surface area contributed by atoms with Crippen LogP contribution in [-0.2, 0) is 18.3 Å². The standard InChI is InChI=1S/C6H8F2O12P4/c7-1-3(21(9,10)11)5(23(15,16)17)2(8)6(24(18,19)20)4(1)22(12,13)14/h(H2,9,10,11)(H2,12,13,14)(H2,15,16,17)(H2,18,19,20). The van der Waals surface area contributed by atoms with Crippen molar-refractivity contribution in [3.63, 3.8) is 0 Å². The number of halogens is 2. The third-order valence-corrected chi connectivity index (χ3v) is 6.81. The molecule has 0 fully saturated rings. The van der Waals surface area contributed by atoms with E-state index >= 15 is 0 Å². The first-order chi connectivity index (χ1) is 10.3. The van der Waals surface area contributed by atoms with Gasteiger partial charge in [0.25, 0.3) is 0 Å². The van der Waals surface area contributed by atoms with Gasteiger partial charge in [-0.25, -0.2) is 8.78 Å². The Morgan fingerprint density at radius 2 is 0.583 bits per heavy atom. The van der Waals surface area contributed by atoms with Crippen molar-refractivity contribution in [2.75, 3.05) is 0 Å². The van der Waals surface area contributed by atoms with Crippen LogP contribution in [0, 0.1) is 11.6 Å². The molecule has 1 rings (SSSR count). The molecule has 0 saturated heterocycles. The summed E-state index contributed by atoms with van der Waals surface area (Å²) < 4.78 is 73.2. The maximum absolute atomic E-state index is 14.2. The highest BCUT2D eigenvalue weighted by atomic mass is 31.2. The van der Waals surface area contributed by atoms with Crippen LogP contribution < -0.4 is 21.2 Å². The Labute approximate surface area is 130 Å². The van der Waals surface area contributed by atoms with Crippen molar-refractivity contribution >= 4 is 51.6 Å². The molecule has 0 heterocycles. The molecule has 0 amide bonds. The summed E-state index contributed by atoms with van der Waals surface area (Å²) in [7, 11) is -24.4. The number of rotatable bonds is 4. The lowest BCUT2D eigenvalue weighted by atomic mass is 10.3. The zero-order valence-corrected chi connectivity index (χ0v) is 14.3. The molecule has 12 nitrogen and oxygen atoms in total. The minimum absolute atomic E-state index is 2.41. The van der Waals surface area contributed by atoms with E-state index in [-0.39, 0.29) is 0 Å². The van der Waals surface area contributed by atoms with Gasteiger partial charge in [-0.2, -0.15) is 0 Å². The predicted octanol–water partition coefficient (Wildman–Crippen LogP) is -2.82. The van der Waals surface area contributed by atoms with E-state index in [0.717, 1.165) is 0 Å². The molecule has 1 aromatic carbocycles. The van der Waals surface area contributed by atoms with Crippen molar-refractivity contribution in [2.24, 2.45) is 0 Å². The molecule has 0 bridgehead atoms. The van der Waals surface area contributed by atoms with Gasteiger partial charge in [0, 0.05) is 0 Å². The molecule has 24 heavy (non-hydrogen) atoms. The Balaban J connectivity index is 4.46. The normalized spacial score (nSPS) is 14.1. The average Bonchev–Trinajstić information content (AvgIpc) is 2.24. The van der Waals surface area contributed by atoms with E-state index in [0.29, 0.717) is 0 Å². The lowest BCUT2D eigenvalue weighted by Crippen LogP contribution is -2.45. The Morgan fingerprint density at radius 1 is 0.458 bits per heavy atom. The first-order valence-electron chi connectivity index (χ1n) is 5.10. The molecule has 0 unspecified atom stereocenters. The fourth-order valence-corrected chi connectivity index (χ4v) is 6.41. The molecule has 1 aromatic rings. The van der Waals surface area contributed by atoms with E-state index < -0.39 is 63.2 Å². The Bertz CT molecular complexity index is 743. The van der Waals surface area contributed by atoms with Gasteiger partial charge in [0.05, 0.1) is 0 Å². The summed E-state index contributed by atoms with van der Waals surface area (Å²) in [4.78, 5) is 71.5. The van der Waals surface area contributed by atoms with Crippen LogP contribution in [0.3, 0.4) is 0 Å². The zero-order chi connectivity index (χ0) is 19.5. The fraction of sp³-hybridized carbons (Fsp3) is 0. The summed E-state index contributed by atoms with van der Waals surface area (Å²) in [5, 5.41) is -9.65. The largest absolute Gasteiger partial charge is 0.360 e. The molecule has 0 aromatic heterocycles. The topological polar surface area (TPSA) is 230 Å². The van der Waals surface area contributed by atoms with E-state index in [1.807, 2.05) is 0 Å². The average molecular weight is 434 g/mol. The van der Waals surface area contributed by atoms with Crippen molar-refractivity contribution in [2.45, 2.75) is 0 Å². The Hall–Kier alpha value is -0.320. The Kier molecular flexibility index (Phi) is 5.55. The Morgan fingerprint density at radius 3 is 0.667 bits per heavy atom. The van der Waals surface area contributed by atoms with Crippen molar-refractivity contribution in [3.8, 4) is 0 Å². The number of hydrogen-bond acceptors (Lipinski definition) is 4. The van der Waals surface area contributed by atoms with Crippen LogP contribution in [0.25, 0.3) is 0 Å². The molecule has 0 saturated carbocycles. The monoisotopic (exact) mass is 434 g/mol. The summed E-state index contributed by atoms with van der Waals surface area (Å²) in [6.45, 7) is 0. The first kappa shape index (κ1) is 21.7. The van der Waals surface area contributed by atoms with E-state index in [1.165, 1.54) is 0 Å². The maximum Gasteiger partial charge on any atom is 0.360 e. The third kappa shape index (κ3) is 4.08. The summed E-state index contributed by atoms with van der Waals surface area (Å²) in [6.07, 6.45) is 0. The SMILES string of the molecule is O=P(O)(O)c1c(F)c(P(=O)(O)O)c(P(=O)(O)O)c(F)c1P(=O)(O)O. The minimum Gasteiger partial charge on any atom is -0.321 e. The molecule has 18 heteroatoms. The second kappa shape index (κ2) is 6.14. The van der Waals surface area contributed by atoms with Crippen molar-refractivity contribution in [3.05, 3.63) is 11.6 Å². The maximum atomic E-state index is 14.2. The highest BCUT2D eigenvalue weighted by molar-refractivity contribution is 7.69. The fourth-order valence-electron chi connectivity index (χ4n) is 1.70. The van der Waals surface area contributed by atoms with Crippen LogP contribution in [0.15, 0.2) is 0 Å². The van der Waals surface area contributed by atoms with E-state index in [2.05, 4.69) is 0 Å².